The number of hydrogen-bond donors (Lipinski definition) is 2. The Hall–Kier alpha value is -1.75. The van der Waals surface area contributed by atoms with Gasteiger partial charge in [-0.15, -0.1) is 11.8 Å². The first-order chi connectivity index (χ1) is 9.33. The fraction of sp³-hybridized carbons (Fsp3) is 0.286. The molecule has 5 heteroatoms. The second-order valence-corrected chi connectivity index (χ2v) is 4.89. The van der Waals surface area contributed by atoms with E-state index in [1.54, 1.807) is 24.2 Å². The first kappa shape index (κ1) is 13.7. The summed E-state index contributed by atoms with van der Waals surface area (Å²) in [5.74, 6) is 1.55. The van der Waals surface area contributed by atoms with Crippen molar-refractivity contribution in [3.63, 3.8) is 0 Å². The second-order valence-electron chi connectivity index (χ2n) is 4.04. The predicted molar refractivity (Wildman–Crippen MR) is 82.3 cm³/mol. The quantitative estimate of drug-likeness (QED) is 0.785. The summed E-state index contributed by atoms with van der Waals surface area (Å²) in [6.07, 6.45) is 6.59. The van der Waals surface area contributed by atoms with E-state index in [0.29, 0.717) is 0 Å². The standard InChI is InChI=1S/C14H18N4S/c1-3-8-16-13-9-15-10-14(18-13)17-11-6-4-5-7-12(11)19-2/h4-7,9-10H,3,8H2,1-2H3,(H2,16,17,18). The van der Waals surface area contributed by atoms with Crippen molar-refractivity contribution in [2.45, 2.75) is 18.2 Å². The van der Waals surface area contributed by atoms with Crippen LogP contribution in [0.2, 0.25) is 0 Å². The summed E-state index contributed by atoms with van der Waals surface area (Å²) in [4.78, 5) is 9.87. The van der Waals surface area contributed by atoms with Crippen molar-refractivity contribution in [3.8, 4) is 0 Å². The number of aromatic nitrogens is 2. The lowest BCUT2D eigenvalue weighted by Gasteiger charge is -2.10. The maximum Gasteiger partial charge on any atom is 0.151 e. The Kier molecular flexibility index (Phi) is 5.03. The molecule has 100 valence electrons. The van der Waals surface area contributed by atoms with Gasteiger partial charge in [-0.05, 0) is 24.8 Å². The van der Waals surface area contributed by atoms with Gasteiger partial charge >= 0.3 is 0 Å². The number of nitrogens with one attached hydrogen (secondary N) is 2. The van der Waals surface area contributed by atoms with E-state index in [2.05, 4.69) is 39.8 Å². The van der Waals surface area contributed by atoms with Crippen LogP contribution >= 0.6 is 11.8 Å². The van der Waals surface area contributed by atoms with Crippen molar-refractivity contribution in [1.29, 1.82) is 0 Å². The third-order valence-corrected chi connectivity index (χ3v) is 3.36. The van der Waals surface area contributed by atoms with Crippen molar-refractivity contribution in [2.24, 2.45) is 0 Å². The lowest BCUT2D eigenvalue weighted by molar-refractivity contribution is 0.965. The highest BCUT2D eigenvalue weighted by molar-refractivity contribution is 7.98. The number of rotatable bonds is 6. The number of hydrogen-bond acceptors (Lipinski definition) is 5. The highest BCUT2D eigenvalue weighted by Gasteiger charge is 2.03. The van der Waals surface area contributed by atoms with Crippen molar-refractivity contribution < 1.29 is 0 Å². The molecule has 19 heavy (non-hydrogen) atoms. The maximum atomic E-state index is 4.49. The molecular weight excluding hydrogens is 256 g/mol. The fourth-order valence-electron chi connectivity index (χ4n) is 1.65. The first-order valence-corrected chi connectivity index (χ1v) is 7.52. The van der Waals surface area contributed by atoms with Crippen LogP contribution in [0.4, 0.5) is 17.3 Å². The van der Waals surface area contributed by atoms with Crippen LogP contribution in [-0.2, 0) is 0 Å². The van der Waals surface area contributed by atoms with Gasteiger partial charge in [-0.3, -0.25) is 4.98 Å². The van der Waals surface area contributed by atoms with Gasteiger partial charge in [0.25, 0.3) is 0 Å². The Morgan fingerprint density at radius 2 is 1.95 bits per heavy atom. The minimum absolute atomic E-state index is 0.752. The number of para-hydroxylation sites is 1. The van der Waals surface area contributed by atoms with Gasteiger partial charge in [0.2, 0.25) is 0 Å². The molecule has 0 aliphatic carbocycles. The molecule has 0 spiro atoms. The van der Waals surface area contributed by atoms with E-state index in [-0.39, 0.29) is 0 Å². The molecule has 0 unspecified atom stereocenters. The summed E-state index contributed by atoms with van der Waals surface area (Å²) in [5.41, 5.74) is 1.05. The Balaban J connectivity index is 2.14. The molecule has 2 N–H and O–H groups in total. The van der Waals surface area contributed by atoms with E-state index < -0.39 is 0 Å². The van der Waals surface area contributed by atoms with Gasteiger partial charge in [0.1, 0.15) is 5.82 Å². The molecule has 0 bridgehead atoms. The third kappa shape index (κ3) is 3.86. The van der Waals surface area contributed by atoms with Crippen LogP contribution in [0, 0.1) is 0 Å². The molecule has 0 amide bonds. The molecule has 1 aromatic heterocycles. The molecule has 0 saturated heterocycles. The molecule has 0 aliphatic rings. The van der Waals surface area contributed by atoms with Crippen molar-refractivity contribution in [1.82, 2.24) is 9.97 Å². The van der Waals surface area contributed by atoms with E-state index in [0.717, 1.165) is 30.3 Å². The molecule has 4 nitrogen and oxygen atoms in total. The average molecular weight is 274 g/mol. The lowest BCUT2D eigenvalue weighted by atomic mass is 10.3. The molecule has 0 fully saturated rings. The lowest BCUT2D eigenvalue weighted by Crippen LogP contribution is -2.04. The minimum atomic E-state index is 0.752. The molecule has 1 heterocycles. The second kappa shape index (κ2) is 6.99. The maximum absolute atomic E-state index is 4.49. The van der Waals surface area contributed by atoms with Gasteiger partial charge in [-0.1, -0.05) is 19.1 Å². The number of nitrogens with zero attached hydrogens (tertiary/aromatic N) is 2. The summed E-state index contributed by atoms with van der Waals surface area (Å²) >= 11 is 1.71. The smallest absolute Gasteiger partial charge is 0.151 e. The van der Waals surface area contributed by atoms with Gasteiger partial charge in [-0.25, -0.2) is 4.98 Å². The minimum Gasteiger partial charge on any atom is -0.369 e. The zero-order valence-corrected chi connectivity index (χ0v) is 12.0. The van der Waals surface area contributed by atoms with Crippen LogP contribution in [0.5, 0.6) is 0 Å². The van der Waals surface area contributed by atoms with E-state index >= 15 is 0 Å². The molecule has 0 aliphatic heterocycles. The van der Waals surface area contributed by atoms with Gasteiger partial charge in [0, 0.05) is 11.4 Å². The number of thioether (sulfide) groups is 1. The van der Waals surface area contributed by atoms with E-state index in [1.165, 1.54) is 4.90 Å². The highest BCUT2D eigenvalue weighted by atomic mass is 32.2. The first-order valence-electron chi connectivity index (χ1n) is 6.29. The van der Waals surface area contributed by atoms with Crippen molar-refractivity contribution in [3.05, 3.63) is 36.7 Å². The summed E-state index contributed by atoms with van der Waals surface area (Å²) in [7, 11) is 0. The Morgan fingerprint density at radius 1 is 1.16 bits per heavy atom. The molecular formula is C14H18N4S. The monoisotopic (exact) mass is 274 g/mol. The van der Waals surface area contributed by atoms with Crippen LogP contribution in [0.15, 0.2) is 41.6 Å². The molecule has 1 aromatic carbocycles. The Labute approximate surface area is 118 Å². The van der Waals surface area contributed by atoms with Crippen LogP contribution in [-0.4, -0.2) is 22.8 Å². The molecule has 2 rings (SSSR count). The fourth-order valence-corrected chi connectivity index (χ4v) is 2.20. The van der Waals surface area contributed by atoms with Crippen LogP contribution in [0.3, 0.4) is 0 Å². The molecule has 0 atom stereocenters. The number of anilines is 3. The average Bonchev–Trinajstić information content (AvgIpc) is 2.46. The third-order valence-electron chi connectivity index (χ3n) is 2.56. The van der Waals surface area contributed by atoms with Crippen molar-refractivity contribution >= 4 is 29.1 Å². The van der Waals surface area contributed by atoms with Gasteiger partial charge in [-0.2, -0.15) is 0 Å². The van der Waals surface area contributed by atoms with E-state index in [1.807, 2.05) is 18.2 Å². The topological polar surface area (TPSA) is 49.8 Å². The zero-order chi connectivity index (χ0) is 13.5. The zero-order valence-electron chi connectivity index (χ0n) is 11.2. The normalized spacial score (nSPS) is 10.2. The van der Waals surface area contributed by atoms with Crippen LogP contribution in [0.1, 0.15) is 13.3 Å². The summed E-state index contributed by atoms with van der Waals surface area (Å²) in [5, 5.41) is 6.54. The van der Waals surface area contributed by atoms with Crippen LogP contribution in [0.25, 0.3) is 0 Å². The van der Waals surface area contributed by atoms with Crippen LogP contribution < -0.4 is 10.6 Å². The van der Waals surface area contributed by atoms with Gasteiger partial charge in [0.05, 0.1) is 18.1 Å². The summed E-state index contributed by atoms with van der Waals surface area (Å²) in [6, 6.07) is 8.16. The van der Waals surface area contributed by atoms with E-state index in [9.17, 15) is 0 Å². The summed E-state index contributed by atoms with van der Waals surface area (Å²) < 4.78 is 0. The largest absolute Gasteiger partial charge is 0.369 e. The SMILES string of the molecule is CCCNc1cncc(Nc2ccccc2SC)n1. The van der Waals surface area contributed by atoms with Crippen molar-refractivity contribution in [2.75, 3.05) is 23.4 Å². The van der Waals surface area contributed by atoms with Gasteiger partial charge < -0.3 is 10.6 Å². The number of benzene rings is 1. The van der Waals surface area contributed by atoms with Gasteiger partial charge in [0.15, 0.2) is 5.82 Å². The Bertz CT molecular complexity index is 530. The predicted octanol–water partition coefficient (Wildman–Crippen LogP) is 3.76. The highest BCUT2D eigenvalue weighted by Crippen LogP contribution is 2.27. The molecule has 0 radical (unpaired) electrons. The summed E-state index contributed by atoms with van der Waals surface area (Å²) in [6.45, 7) is 3.02. The Morgan fingerprint density at radius 3 is 2.74 bits per heavy atom. The molecule has 2 aromatic rings. The van der Waals surface area contributed by atoms with E-state index in [4.69, 9.17) is 0 Å². The molecule has 0 saturated carbocycles.